The second kappa shape index (κ2) is 5.49. The number of piperidine rings is 1. The molecule has 1 aliphatic heterocycles. The third-order valence-electron chi connectivity index (χ3n) is 3.93. The molecule has 0 unspecified atom stereocenters. The van der Waals surface area contributed by atoms with Crippen LogP contribution in [0.1, 0.15) is 26.7 Å². The van der Waals surface area contributed by atoms with Gasteiger partial charge in [0.05, 0.1) is 0 Å². The number of sulfone groups is 1. The van der Waals surface area contributed by atoms with Crippen molar-refractivity contribution in [2.75, 3.05) is 24.2 Å². The van der Waals surface area contributed by atoms with Crippen molar-refractivity contribution in [1.29, 1.82) is 0 Å². The van der Waals surface area contributed by atoms with Gasteiger partial charge in [0, 0.05) is 25.5 Å². The lowest BCUT2D eigenvalue weighted by Gasteiger charge is -2.35. The number of nitrogens with zero attached hydrogens (tertiary/aromatic N) is 2. The Kier molecular flexibility index (Phi) is 4.13. The topological polar surface area (TPSA) is 50.3 Å². The van der Waals surface area contributed by atoms with Gasteiger partial charge in [-0.25, -0.2) is 13.4 Å². The first kappa shape index (κ1) is 14.3. The van der Waals surface area contributed by atoms with Crippen LogP contribution in [0, 0.1) is 11.8 Å². The van der Waals surface area contributed by atoms with Crippen LogP contribution in [0.5, 0.6) is 0 Å². The fourth-order valence-electron chi connectivity index (χ4n) is 2.69. The van der Waals surface area contributed by atoms with Crippen LogP contribution in [-0.4, -0.2) is 32.7 Å². The van der Waals surface area contributed by atoms with Gasteiger partial charge >= 0.3 is 0 Å². The summed E-state index contributed by atoms with van der Waals surface area (Å²) in [7, 11) is -3.22. The van der Waals surface area contributed by atoms with Crippen LogP contribution >= 0.6 is 0 Å². The summed E-state index contributed by atoms with van der Waals surface area (Å²) < 4.78 is 23.6. The highest BCUT2D eigenvalue weighted by Gasteiger charge is 2.25. The quantitative estimate of drug-likeness (QED) is 0.854. The van der Waals surface area contributed by atoms with Gasteiger partial charge < -0.3 is 4.90 Å². The van der Waals surface area contributed by atoms with Crippen molar-refractivity contribution in [1.82, 2.24) is 4.98 Å². The fourth-order valence-corrected chi connectivity index (χ4v) is 3.53. The smallest absolute Gasteiger partial charge is 0.179 e. The summed E-state index contributed by atoms with van der Waals surface area (Å²) in [5, 5.41) is 0. The number of anilines is 1. The molecule has 2 heterocycles. The number of hydrogen-bond donors (Lipinski definition) is 0. The van der Waals surface area contributed by atoms with Gasteiger partial charge in [-0.3, -0.25) is 0 Å². The third-order valence-corrected chi connectivity index (χ3v) is 5.05. The molecule has 5 heteroatoms. The highest BCUT2D eigenvalue weighted by Crippen LogP contribution is 2.29. The molecule has 1 aromatic rings. The molecule has 0 amide bonds. The molecule has 106 valence electrons. The Balaban J connectivity index is 2.21. The van der Waals surface area contributed by atoms with E-state index in [1.165, 1.54) is 6.26 Å². The molecule has 4 nitrogen and oxygen atoms in total. The van der Waals surface area contributed by atoms with Crippen molar-refractivity contribution in [2.45, 2.75) is 31.6 Å². The van der Waals surface area contributed by atoms with Gasteiger partial charge in [-0.2, -0.15) is 0 Å². The molecule has 19 heavy (non-hydrogen) atoms. The van der Waals surface area contributed by atoms with Crippen LogP contribution in [0.25, 0.3) is 0 Å². The van der Waals surface area contributed by atoms with Crippen LogP contribution < -0.4 is 4.90 Å². The van der Waals surface area contributed by atoms with Gasteiger partial charge in [0.25, 0.3) is 0 Å². The van der Waals surface area contributed by atoms with Crippen LogP contribution in [0.4, 0.5) is 5.82 Å². The molecule has 1 aliphatic rings. The molecule has 0 aliphatic carbocycles. The summed E-state index contributed by atoms with van der Waals surface area (Å²) >= 11 is 0. The number of pyridine rings is 1. The van der Waals surface area contributed by atoms with E-state index in [9.17, 15) is 8.42 Å². The van der Waals surface area contributed by atoms with E-state index in [-0.39, 0.29) is 0 Å². The summed E-state index contributed by atoms with van der Waals surface area (Å²) in [5.74, 6) is 2.05. The first-order valence-electron chi connectivity index (χ1n) is 6.79. The molecule has 0 spiro atoms. The Morgan fingerprint density at radius 2 is 1.95 bits per heavy atom. The van der Waals surface area contributed by atoms with Crippen LogP contribution in [0.15, 0.2) is 23.2 Å². The molecule has 2 rings (SSSR count). The SMILES string of the molecule is CC(C)C1CCN(c2ncccc2S(C)(=O)=O)CC1. The van der Waals surface area contributed by atoms with Crippen molar-refractivity contribution in [3.63, 3.8) is 0 Å². The van der Waals surface area contributed by atoms with Crippen molar-refractivity contribution >= 4 is 15.7 Å². The van der Waals surface area contributed by atoms with Crippen molar-refractivity contribution < 1.29 is 8.42 Å². The third kappa shape index (κ3) is 3.26. The van der Waals surface area contributed by atoms with Gasteiger partial charge in [-0.05, 0) is 36.8 Å². The van der Waals surface area contributed by atoms with E-state index >= 15 is 0 Å². The molecule has 0 aromatic carbocycles. The van der Waals surface area contributed by atoms with Gasteiger partial charge in [0.1, 0.15) is 10.7 Å². The summed E-state index contributed by atoms with van der Waals surface area (Å²) in [5.41, 5.74) is 0. The molecule has 0 bridgehead atoms. The minimum atomic E-state index is -3.22. The highest BCUT2D eigenvalue weighted by molar-refractivity contribution is 7.90. The molecule has 0 N–H and O–H groups in total. The lowest BCUT2D eigenvalue weighted by atomic mass is 9.87. The normalized spacial score (nSPS) is 18.0. The predicted molar refractivity (Wildman–Crippen MR) is 77.1 cm³/mol. The Morgan fingerprint density at radius 3 is 2.47 bits per heavy atom. The van der Waals surface area contributed by atoms with Gasteiger partial charge in [-0.15, -0.1) is 0 Å². The molecule has 1 aromatic heterocycles. The van der Waals surface area contributed by atoms with Crippen molar-refractivity contribution in [3.8, 4) is 0 Å². The van der Waals surface area contributed by atoms with E-state index in [1.807, 2.05) is 0 Å². The minimum absolute atomic E-state index is 0.345. The van der Waals surface area contributed by atoms with Gasteiger partial charge in [0.15, 0.2) is 9.84 Å². The molecular formula is C14H22N2O2S. The monoisotopic (exact) mass is 282 g/mol. The van der Waals surface area contributed by atoms with Crippen LogP contribution in [0.3, 0.4) is 0 Å². The zero-order chi connectivity index (χ0) is 14.0. The largest absolute Gasteiger partial charge is 0.356 e. The molecular weight excluding hydrogens is 260 g/mol. The maximum absolute atomic E-state index is 11.8. The lowest BCUT2D eigenvalue weighted by Crippen LogP contribution is -2.36. The van der Waals surface area contributed by atoms with Gasteiger partial charge in [-0.1, -0.05) is 13.8 Å². The molecule has 1 fully saturated rings. The van der Waals surface area contributed by atoms with Crippen LogP contribution in [0.2, 0.25) is 0 Å². The number of aromatic nitrogens is 1. The van der Waals surface area contributed by atoms with E-state index in [2.05, 4.69) is 23.7 Å². The summed E-state index contributed by atoms with van der Waals surface area (Å²) in [4.78, 5) is 6.74. The molecule has 0 saturated carbocycles. The second-order valence-corrected chi connectivity index (χ2v) is 7.65. The molecule has 1 saturated heterocycles. The summed E-state index contributed by atoms with van der Waals surface area (Å²) in [6, 6.07) is 3.33. The maximum atomic E-state index is 11.8. The Hall–Kier alpha value is -1.10. The van der Waals surface area contributed by atoms with E-state index in [0.29, 0.717) is 16.6 Å². The number of hydrogen-bond acceptors (Lipinski definition) is 4. The first-order chi connectivity index (χ1) is 8.89. The minimum Gasteiger partial charge on any atom is -0.356 e. The Bertz CT molecular complexity index is 532. The number of rotatable bonds is 3. The molecule has 0 radical (unpaired) electrons. The Morgan fingerprint density at radius 1 is 1.32 bits per heavy atom. The zero-order valence-corrected chi connectivity index (χ0v) is 12.7. The van der Waals surface area contributed by atoms with Gasteiger partial charge in [0.2, 0.25) is 0 Å². The second-order valence-electron chi connectivity index (χ2n) is 5.67. The van der Waals surface area contributed by atoms with Crippen molar-refractivity contribution in [2.24, 2.45) is 11.8 Å². The van der Waals surface area contributed by atoms with Crippen LogP contribution in [-0.2, 0) is 9.84 Å². The average molecular weight is 282 g/mol. The van der Waals surface area contributed by atoms with E-state index < -0.39 is 9.84 Å². The van der Waals surface area contributed by atoms with E-state index in [4.69, 9.17) is 0 Å². The first-order valence-corrected chi connectivity index (χ1v) is 8.68. The summed E-state index contributed by atoms with van der Waals surface area (Å²) in [6.45, 7) is 6.29. The maximum Gasteiger partial charge on any atom is 0.179 e. The van der Waals surface area contributed by atoms with Crippen molar-refractivity contribution in [3.05, 3.63) is 18.3 Å². The standard InChI is InChI=1S/C14H22N2O2S/c1-11(2)12-6-9-16(10-7-12)14-13(19(3,17)18)5-4-8-15-14/h4-5,8,11-12H,6-7,9-10H2,1-3H3. The Labute approximate surface area is 115 Å². The van der Waals surface area contributed by atoms with E-state index in [1.54, 1.807) is 18.3 Å². The average Bonchev–Trinajstić information content (AvgIpc) is 2.38. The molecule has 0 atom stereocenters. The van der Waals surface area contributed by atoms with E-state index in [0.717, 1.165) is 31.8 Å². The lowest BCUT2D eigenvalue weighted by molar-refractivity contribution is 0.310. The fraction of sp³-hybridized carbons (Fsp3) is 0.643. The summed E-state index contributed by atoms with van der Waals surface area (Å²) in [6.07, 6.45) is 5.13. The highest BCUT2D eigenvalue weighted by atomic mass is 32.2. The predicted octanol–water partition coefficient (Wildman–Crippen LogP) is 2.36. The zero-order valence-electron chi connectivity index (χ0n) is 11.8.